The van der Waals surface area contributed by atoms with Gasteiger partial charge in [0.1, 0.15) is 0 Å². The number of nitrogen functional groups attached to an aromatic ring is 1. The van der Waals surface area contributed by atoms with Gasteiger partial charge in [-0.05, 0) is 49.0 Å². The number of anilines is 1. The van der Waals surface area contributed by atoms with Crippen molar-refractivity contribution in [3.8, 4) is 0 Å². The summed E-state index contributed by atoms with van der Waals surface area (Å²) < 4.78 is 0. The van der Waals surface area contributed by atoms with Gasteiger partial charge in [-0.2, -0.15) is 0 Å². The van der Waals surface area contributed by atoms with Crippen LogP contribution in [0.5, 0.6) is 0 Å². The second kappa shape index (κ2) is 7.31. The molecular weight excluding hydrogens is 252 g/mol. The molecule has 0 atom stereocenters. The van der Waals surface area contributed by atoms with E-state index in [1.165, 1.54) is 10.4 Å². The fraction of sp³-hybridized carbons (Fsp3) is 0.375. The SMILES string of the molecule is CCN(CCCc1ccccc1N)Cc1cccs1. The molecule has 2 rings (SSSR count). The minimum atomic E-state index is 0.920. The molecule has 1 heterocycles. The number of nitrogens with zero attached hydrogens (tertiary/aromatic N) is 1. The Balaban J connectivity index is 1.79. The van der Waals surface area contributed by atoms with Gasteiger partial charge in [0.15, 0.2) is 0 Å². The molecule has 0 saturated heterocycles. The summed E-state index contributed by atoms with van der Waals surface area (Å²) in [6.07, 6.45) is 2.22. The van der Waals surface area contributed by atoms with Crippen LogP contribution in [0, 0.1) is 0 Å². The molecule has 0 aliphatic rings. The van der Waals surface area contributed by atoms with E-state index < -0.39 is 0 Å². The molecule has 1 aromatic heterocycles. The van der Waals surface area contributed by atoms with E-state index in [1.54, 1.807) is 0 Å². The van der Waals surface area contributed by atoms with Crippen LogP contribution >= 0.6 is 11.3 Å². The molecule has 0 fully saturated rings. The fourth-order valence-corrected chi connectivity index (χ4v) is 2.97. The zero-order valence-corrected chi connectivity index (χ0v) is 12.3. The quantitative estimate of drug-likeness (QED) is 0.778. The lowest BCUT2D eigenvalue weighted by Gasteiger charge is -2.19. The van der Waals surface area contributed by atoms with Crippen LogP contribution in [0.3, 0.4) is 0 Å². The molecule has 0 spiro atoms. The summed E-state index contributed by atoms with van der Waals surface area (Å²) in [5.41, 5.74) is 8.16. The molecule has 0 saturated carbocycles. The predicted molar refractivity (Wildman–Crippen MR) is 84.4 cm³/mol. The van der Waals surface area contributed by atoms with Crippen molar-refractivity contribution in [2.24, 2.45) is 0 Å². The van der Waals surface area contributed by atoms with Gasteiger partial charge in [-0.25, -0.2) is 0 Å². The van der Waals surface area contributed by atoms with Crippen LogP contribution in [0.1, 0.15) is 23.8 Å². The maximum Gasteiger partial charge on any atom is 0.0346 e. The summed E-state index contributed by atoms with van der Waals surface area (Å²) in [5.74, 6) is 0. The summed E-state index contributed by atoms with van der Waals surface area (Å²) in [4.78, 5) is 3.94. The Morgan fingerprint density at radius 2 is 2.00 bits per heavy atom. The topological polar surface area (TPSA) is 29.3 Å². The van der Waals surface area contributed by atoms with Crippen molar-refractivity contribution in [2.75, 3.05) is 18.8 Å². The van der Waals surface area contributed by atoms with Crippen LogP contribution in [0.25, 0.3) is 0 Å². The van der Waals surface area contributed by atoms with Gasteiger partial charge in [0, 0.05) is 17.1 Å². The van der Waals surface area contributed by atoms with Crippen LogP contribution in [0.15, 0.2) is 41.8 Å². The van der Waals surface area contributed by atoms with Gasteiger partial charge in [-0.1, -0.05) is 31.2 Å². The largest absolute Gasteiger partial charge is 0.399 e. The average Bonchev–Trinajstić information content (AvgIpc) is 2.92. The van der Waals surface area contributed by atoms with E-state index in [1.807, 2.05) is 23.5 Å². The molecular formula is C16H22N2S. The van der Waals surface area contributed by atoms with E-state index >= 15 is 0 Å². The lowest BCUT2D eigenvalue weighted by molar-refractivity contribution is 0.279. The number of rotatable bonds is 7. The Morgan fingerprint density at radius 1 is 1.16 bits per heavy atom. The predicted octanol–water partition coefficient (Wildman–Crippen LogP) is 3.79. The zero-order chi connectivity index (χ0) is 13.5. The number of thiophene rings is 1. The first-order valence-corrected chi connectivity index (χ1v) is 7.75. The van der Waals surface area contributed by atoms with E-state index in [4.69, 9.17) is 5.73 Å². The lowest BCUT2D eigenvalue weighted by atomic mass is 10.1. The Hall–Kier alpha value is -1.32. The Kier molecular flexibility index (Phi) is 5.43. The highest BCUT2D eigenvalue weighted by Crippen LogP contribution is 2.15. The molecule has 0 radical (unpaired) electrons. The van der Waals surface area contributed by atoms with Crippen LogP contribution < -0.4 is 5.73 Å². The molecule has 3 heteroatoms. The minimum absolute atomic E-state index is 0.920. The summed E-state index contributed by atoms with van der Waals surface area (Å²) in [7, 11) is 0. The lowest BCUT2D eigenvalue weighted by Crippen LogP contribution is -2.24. The molecule has 1 aromatic carbocycles. The molecule has 2 N–H and O–H groups in total. The summed E-state index contributed by atoms with van der Waals surface area (Å²) >= 11 is 1.84. The number of hydrogen-bond acceptors (Lipinski definition) is 3. The maximum atomic E-state index is 5.97. The van der Waals surface area contributed by atoms with Gasteiger partial charge in [-0.15, -0.1) is 11.3 Å². The monoisotopic (exact) mass is 274 g/mol. The van der Waals surface area contributed by atoms with Gasteiger partial charge in [0.2, 0.25) is 0 Å². The number of para-hydroxylation sites is 1. The van der Waals surface area contributed by atoms with E-state index in [0.717, 1.165) is 38.2 Å². The molecule has 102 valence electrons. The van der Waals surface area contributed by atoms with Crippen LogP contribution in [-0.4, -0.2) is 18.0 Å². The molecule has 0 aliphatic carbocycles. The van der Waals surface area contributed by atoms with Gasteiger partial charge < -0.3 is 5.73 Å². The number of nitrogens with two attached hydrogens (primary N) is 1. The molecule has 0 unspecified atom stereocenters. The Labute approximate surface area is 119 Å². The van der Waals surface area contributed by atoms with Gasteiger partial charge >= 0.3 is 0 Å². The molecule has 2 aromatic rings. The van der Waals surface area contributed by atoms with Crippen molar-refractivity contribution in [1.29, 1.82) is 0 Å². The number of hydrogen-bond donors (Lipinski definition) is 1. The first-order chi connectivity index (χ1) is 9.29. The first-order valence-electron chi connectivity index (χ1n) is 6.87. The smallest absolute Gasteiger partial charge is 0.0346 e. The van der Waals surface area contributed by atoms with Crippen molar-refractivity contribution < 1.29 is 0 Å². The zero-order valence-electron chi connectivity index (χ0n) is 11.5. The standard InChI is InChI=1S/C16H22N2S/c1-2-18(13-15-9-6-12-19-15)11-5-8-14-7-3-4-10-16(14)17/h3-4,6-7,9-10,12H,2,5,8,11,13,17H2,1H3. The van der Waals surface area contributed by atoms with Crippen LogP contribution in [0.4, 0.5) is 5.69 Å². The third kappa shape index (κ3) is 4.37. The second-order valence-electron chi connectivity index (χ2n) is 4.75. The molecule has 2 nitrogen and oxygen atoms in total. The van der Waals surface area contributed by atoms with Crippen molar-refractivity contribution in [1.82, 2.24) is 4.90 Å². The van der Waals surface area contributed by atoms with Gasteiger partial charge in [0.25, 0.3) is 0 Å². The van der Waals surface area contributed by atoms with Crippen LogP contribution in [0.2, 0.25) is 0 Å². The molecule has 0 aliphatic heterocycles. The molecule has 19 heavy (non-hydrogen) atoms. The molecule has 0 bridgehead atoms. The summed E-state index contributed by atoms with van der Waals surface area (Å²) in [6.45, 7) is 5.52. The molecule has 0 amide bonds. The highest BCUT2D eigenvalue weighted by molar-refractivity contribution is 7.09. The Morgan fingerprint density at radius 3 is 2.68 bits per heavy atom. The number of aryl methyl sites for hydroxylation is 1. The van der Waals surface area contributed by atoms with E-state index in [0.29, 0.717) is 0 Å². The van der Waals surface area contributed by atoms with Crippen molar-refractivity contribution in [2.45, 2.75) is 26.3 Å². The first kappa shape index (κ1) is 14.1. The highest BCUT2D eigenvalue weighted by Gasteiger charge is 2.05. The van der Waals surface area contributed by atoms with Crippen molar-refractivity contribution in [3.05, 3.63) is 52.2 Å². The van der Waals surface area contributed by atoms with E-state index in [9.17, 15) is 0 Å². The van der Waals surface area contributed by atoms with E-state index in [-0.39, 0.29) is 0 Å². The Bertz CT molecular complexity index is 479. The minimum Gasteiger partial charge on any atom is -0.399 e. The summed E-state index contributed by atoms with van der Waals surface area (Å²) in [6, 6.07) is 12.5. The average molecular weight is 274 g/mol. The third-order valence-electron chi connectivity index (χ3n) is 3.38. The normalized spacial score (nSPS) is 11.1. The summed E-state index contributed by atoms with van der Waals surface area (Å²) in [5, 5.41) is 2.15. The maximum absolute atomic E-state index is 5.97. The highest BCUT2D eigenvalue weighted by atomic mass is 32.1. The van der Waals surface area contributed by atoms with Crippen LogP contribution in [-0.2, 0) is 13.0 Å². The fourth-order valence-electron chi connectivity index (χ4n) is 2.23. The van der Waals surface area contributed by atoms with Crippen molar-refractivity contribution in [3.63, 3.8) is 0 Å². The number of benzene rings is 1. The second-order valence-corrected chi connectivity index (χ2v) is 5.78. The van der Waals surface area contributed by atoms with Crippen molar-refractivity contribution >= 4 is 17.0 Å². The van der Waals surface area contributed by atoms with Gasteiger partial charge in [0.05, 0.1) is 0 Å². The van der Waals surface area contributed by atoms with E-state index in [2.05, 4.69) is 41.5 Å². The van der Waals surface area contributed by atoms with Gasteiger partial charge in [-0.3, -0.25) is 4.90 Å². The third-order valence-corrected chi connectivity index (χ3v) is 4.24.